The van der Waals surface area contributed by atoms with E-state index in [9.17, 15) is 0 Å². The van der Waals surface area contributed by atoms with Crippen LogP contribution in [0.1, 0.15) is 104 Å². The lowest BCUT2D eigenvalue weighted by Gasteiger charge is -2.20. The zero-order valence-corrected chi connectivity index (χ0v) is 45.6. The second kappa shape index (κ2) is 20.9. The van der Waals surface area contributed by atoms with Crippen molar-refractivity contribution in [1.29, 1.82) is 0 Å². The first-order valence-corrected chi connectivity index (χ1v) is 27.1. The van der Waals surface area contributed by atoms with Crippen LogP contribution in [0.15, 0.2) is 164 Å². The third kappa shape index (κ3) is 11.0. The molecule has 5 nitrogen and oxygen atoms in total. The number of hydrogen-bond acceptors (Lipinski definition) is 2. The lowest BCUT2D eigenvalue weighted by atomic mass is 9.88. The molecule has 0 saturated carbocycles. The van der Waals surface area contributed by atoms with Gasteiger partial charge in [-0.05, 0) is 160 Å². The monoisotopic (exact) mass is 975 g/mol. The van der Waals surface area contributed by atoms with E-state index in [0.29, 0.717) is 23.7 Å². The molecule has 0 bridgehead atoms. The van der Waals surface area contributed by atoms with Gasteiger partial charge < -0.3 is 4.74 Å². The average Bonchev–Trinajstić information content (AvgIpc) is 3.89. The summed E-state index contributed by atoms with van der Waals surface area (Å²) in [6, 6.07) is 58.2. The number of rotatable bonds is 16. The third-order valence-corrected chi connectivity index (χ3v) is 13.9. The molecule has 376 valence electrons. The van der Waals surface area contributed by atoms with E-state index in [0.717, 1.165) is 88.2 Å². The largest absolute Gasteiger partial charge is 0.458 e. The van der Waals surface area contributed by atoms with Crippen LogP contribution in [0.3, 0.4) is 0 Å². The number of pyridine rings is 1. The number of benzene rings is 7. The van der Waals surface area contributed by atoms with Gasteiger partial charge in [0, 0.05) is 23.0 Å². The number of para-hydroxylation sites is 4. The lowest BCUT2D eigenvalue weighted by molar-refractivity contribution is -0.571. The highest BCUT2D eigenvalue weighted by atomic mass is 16.5. The molecule has 0 spiro atoms. The first kappa shape index (κ1) is 50.3. The number of imidazole rings is 1. The van der Waals surface area contributed by atoms with E-state index >= 15 is 0 Å². The predicted octanol–water partition coefficient (Wildman–Crippen LogP) is 17.7. The molecule has 7 aromatic carbocycles. The minimum absolute atomic E-state index is 0.154. The molecule has 0 unspecified atom stereocenters. The minimum Gasteiger partial charge on any atom is -0.458 e. The number of nitrogens with zero attached hydrogens (tertiary/aromatic N) is 4. The van der Waals surface area contributed by atoms with Gasteiger partial charge in [-0.1, -0.05) is 179 Å². The smallest absolute Gasteiger partial charge is 0.269 e. The Labute approximate surface area is 440 Å². The summed E-state index contributed by atoms with van der Waals surface area (Å²) in [6.07, 6.45) is 11.0. The minimum atomic E-state index is 0.154. The van der Waals surface area contributed by atoms with E-state index in [2.05, 4.69) is 248 Å². The molecule has 3 aromatic heterocycles. The Kier molecular flexibility index (Phi) is 14.2. The van der Waals surface area contributed by atoms with Crippen molar-refractivity contribution in [1.82, 2.24) is 14.1 Å². The Morgan fingerprint density at radius 2 is 1.04 bits per heavy atom. The molecule has 0 atom stereocenters. The molecule has 74 heavy (non-hydrogen) atoms. The molecule has 5 heteroatoms. The zero-order chi connectivity index (χ0) is 51.8. The number of aromatic nitrogens is 4. The topological polar surface area (TPSA) is 35.9 Å². The Bertz CT molecular complexity index is 3490. The highest BCUT2D eigenvalue weighted by molar-refractivity contribution is 6.09. The van der Waals surface area contributed by atoms with Crippen LogP contribution in [0.2, 0.25) is 0 Å². The van der Waals surface area contributed by atoms with Gasteiger partial charge in [-0.2, -0.15) is 0 Å². The summed E-state index contributed by atoms with van der Waals surface area (Å²) >= 11 is 0. The van der Waals surface area contributed by atoms with Gasteiger partial charge in [-0.15, -0.1) is 0 Å². The van der Waals surface area contributed by atoms with Crippen molar-refractivity contribution in [2.24, 2.45) is 29.1 Å². The van der Waals surface area contributed by atoms with Crippen molar-refractivity contribution in [3.05, 3.63) is 198 Å². The van der Waals surface area contributed by atoms with Crippen LogP contribution in [0.25, 0.3) is 72.3 Å². The molecule has 0 fully saturated rings. The van der Waals surface area contributed by atoms with Gasteiger partial charge in [0.15, 0.2) is 0 Å². The summed E-state index contributed by atoms with van der Waals surface area (Å²) in [5.41, 5.74) is 18.3. The van der Waals surface area contributed by atoms with Crippen LogP contribution in [0.5, 0.6) is 11.5 Å². The van der Waals surface area contributed by atoms with Crippen molar-refractivity contribution in [2.45, 2.75) is 108 Å². The van der Waals surface area contributed by atoms with Crippen molar-refractivity contribution >= 4 is 32.8 Å². The van der Waals surface area contributed by atoms with E-state index in [4.69, 9.17) is 9.72 Å². The van der Waals surface area contributed by atoms with Gasteiger partial charge >= 0.3 is 0 Å². The summed E-state index contributed by atoms with van der Waals surface area (Å²) < 4.78 is 13.7. The SMILES string of the molecule is CC(C)Cc1cc(CC(C)C)cc(-c2cccc(-c3cc(CC(C)C)cc(CC(C)C)c3)c2-[n+]2[c-]n(-c3cccc(Oc4ccc5c6ccccc6n(-c6cc(CC(C)(C)C)ccn6)c5c4)c3)c3ccccc32)c1. The lowest BCUT2D eigenvalue weighted by Crippen LogP contribution is -2.31. The predicted molar refractivity (Wildman–Crippen MR) is 310 cm³/mol. The van der Waals surface area contributed by atoms with Crippen LogP contribution in [0.4, 0.5) is 0 Å². The molecule has 0 aliphatic carbocycles. The first-order valence-electron chi connectivity index (χ1n) is 27.1. The summed E-state index contributed by atoms with van der Waals surface area (Å²) in [6.45, 7) is 25.4. The molecule has 3 heterocycles. The van der Waals surface area contributed by atoms with Gasteiger partial charge in [0.2, 0.25) is 0 Å². The fraction of sp³-hybridized carbons (Fsp3) is 0.304. The fourth-order valence-electron chi connectivity index (χ4n) is 11.2. The third-order valence-electron chi connectivity index (χ3n) is 13.9. The van der Waals surface area contributed by atoms with E-state index in [1.165, 1.54) is 55.5 Å². The van der Waals surface area contributed by atoms with Crippen LogP contribution in [0, 0.1) is 35.4 Å². The van der Waals surface area contributed by atoms with Crippen molar-refractivity contribution in [3.8, 4) is 50.9 Å². The Morgan fingerprint density at radius 3 is 1.64 bits per heavy atom. The van der Waals surface area contributed by atoms with Crippen LogP contribution in [-0.4, -0.2) is 14.1 Å². The summed E-state index contributed by atoms with van der Waals surface area (Å²) in [4.78, 5) is 4.93. The van der Waals surface area contributed by atoms with Crippen LogP contribution in [-0.2, 0) is 32.1 Å². The van der Waals surface area contributed by atoms with E-state index in [1.807, 2.05) is 12.3 Å². The highest BCUT2D eigenvalue weighted by Crippen LogP contribution is 2.39. The Morgan fingerprint density at radius 1 is 0.500 bits per heavy atom. The molecule has 10 aromatic rings. The number of hydrogen-bond donors (Lipinski definition) is 0. The Balaban J connectivity index is 1.12. The molecular formula is C69H74N4O. The summed E-state index contributed by atoms with van der Waals surface area (Å²) in [7, 11) is 0. The van der Waals surface area contributed by atoms with Crippen molar-refractivity contribution < 1.29 is 9.30 Å². The second-order valence-corrected chi connectivity index (χ2v) is 23.8. The Hall–Kier alpha value is -7.24. The van der Waals surface area contributed by atoms with Gasteiger partial charge in [-0.3, -0.25) is 13.7 Å². The van der Waals surface area contributed by atoms with Gasteiger partial charge in [0.25, 0.3) is 6.33 Å². The van der Waals surface area contributed by atoms with E-state index < -0.39 is 0 Å². The maximum atomic E-state index is 6.87. The molecule has 0 saturated heterocycles. The van der Waals surface area contributed by atoms with Gasteiger partial charge in [0.05, 0.1) is 33.4 Å². The second-order valence-electron chi connectivity index (χ2n) is 23.8. The quantitative estimate of drug-likeness (QED) is 0.0714. The van der Waals surface area contributed by atoms with Gasteiger partial charge in [0.1, 0.15) is 17.3 Å². The summed E-state index contributed by atoms with van der Waals surface area (Å²) in [5, 5.41) is 2.35. The maximum Gasteiger partial charge on any atom is 0.269 e. The van der Waals surface area contributed by atoms with Gasteiger partial charge in [-0.25, -0.2) is 4.98 Å². The van der Waals surface area contributed by atoms with E-state index in [1.54, 1.807) is 0 Å². The van der Waals surface area contributed by atoms with E-state index in [-0.39, 0.29) is 5.41 Å². The highest BCUT2D eigenvalue weighted by Gasteiger charge is 2.23. The molecule has 0 N–H and O–H groups in total. The molecule has 10 rings (SSSR count). The molecule has 0 amide bonds. The standard InChI is InChI=1S/C69H74N4O/c1-45(2)30-50-34-51(31-46(3)4)37-54(36-50)59-21-17-22-60(55-38-52(32-47(5)6)35-53(39-55)33-48(7)8)68(59)72-44-71(64-24-14-15-25-65(64)72)56-18-16-19-57(41-56)74-58-26-27-62-61-20-12-13-23-63(61)73(66(62)42-58)67-40-49(28-29-70-67)43-69(9,10)11/h12-29,34-42,45-48H,30-33,43H2,1-11H3. The van der Waals surface area contributed by atoms with Crippen LogP contribution >= 0.6 is 0 Å². The number of ether oxygens (including phenoxy) is 1. The fourth-order valence-corrected chi connectivity index (χ4v) is 11.2. The first-order chi connectivity index (χ1) is 35.5. The zero-order valence-electron chi connectivity index (χ0n) is 45.6. The molecule has 0 radical (unpaired) electrons. The molecule has 0 aliphatic rings. The van der Waals surface area contributed by atoms with Crippen molar-refractivity contribution in [2.75, 3.05) is 0 Å². The van der Waals surface area contributed by atoms with Crippen LogP contribution < -0.4 is 9.30 Å². The average molecular weight is 975 g/mol. The molecular weight excluding hydrogens is 901 g/mol. The normalized spacial score (nSPS) is 12.2. The van der Waals surface area contributed by atoms with Crippen molar-refractivity contribution in [3.63, 3.8) is 0 Å². The molecule has 0 aliphatic heterocycles. The summed E-state index contributed by atoms with van der Waals surface area (Å²) in [5.74, 6) is 4.57. The maximum absolute atomic E-state index is 6.87. The number of fused-ring (bicyclic) bond motifs is 4.